The van der Waals surface area contributed by atoms with Gasteiger partial charge in [-0.25, -0.2) is 9.59 Å². The van der Waals surface area contributed by atoms with Gasteiger partial charge in [0.15, 0.2) is 11.8 Å². The van der Waals surface area contributed by atoms with Crippen LogP contribution in [0.15, 0.2) is 65.1 Å². The minimum atomic E-state index is -1.44. The molecule has 9 nitrogen and oxygen atoms in total. The number of furan rings is 1. The van der Waals surface area contributed by atoms with Crippen molar-refractivity contribution < 1.29 is 33.8 Å². The van der Waals surface area contributed by atoms with E-state index in [1.807, 2.05) is 36.4 Å². The second-order valence-corrected chi connectivity index (χ2v) is 7.49. The number of rotatable bonds is 8. The van der Waals surface area contributed by atoms with E-state index in [2.05, 4.69) is 22.8 Å². The predicted molar refractivity (Wildman–Crippen MR) is 117 cm³/mol. The summed E-state index contributed by atoms with van der Waals surface area (Å²) in [6.45, 7) is -0.603. The zero-order valence-electron chi connectivity index (χ0n) is 17.5. The second-order valence-electron chi connectivity index (χ2n) is 7.49. The smallest absolute Gasteiger partial charge is 0.407 e. The lowest BCUT2D eigenvalue weighted by molar-refractivity contribution is -0.140. The molecule has 2 aromatic carbocycles. The van der Waals surface area contributed by atoms with Crippen LogP contribution in [-0.2, 0) is 16.1 Å². The maximum absolute atomic E-state index is 12.2. The molecule has 33 heavy (non-hydrogen) atoms. The number of aliphatic hydroxyl groups excluding tert-OH is 1. The number of hydrogen-bond acceptors (Lipinski definition) is 6. The normalized spacial score (nSPS) is 13.0. The van der Waals surface area contributed by atoms with Crippen molar-refractivity contribution in [2.24, 2.45) is 0 Å². The number of nitrogens with one attached hydrogen (secondary N) is 2. The first-order chi connectivity index (χ1) is 16.0. The fourth-order valence-corrected chi connectivity index (χ4v) is 3.82. The van der Waals surface area contributed by atoms with Gasteiger partial charge in [0.1, 0.15) is 12.4 Å². The summed E-state index contributed by atoms with van der Waals surface area (Å²) in [7, 11) is 0. The number of aliphatic hydroxyl groups is 1. The van der Waals surface area contributed by atoms with Crippen molar-refractivity contribution in [2.75, 3.05) is 13.2 Å². The molecule has 1 aromatic heterocycles. The molecule has 0 bridgehead atoms. The van der Waals surface area contributed by atoms with E-state index in [0.29, 0.717) is 0 Å². The summed E-state index contributed by atoms with van der Waals surface area (Å²) < 4.78 is 10.8. The van der Waals surface area contributed by atoms with Gasteiger partial charge < -0.3 is 30.0 Å². The van der Waals surface area contributed by atoms with Gasteiger partial charge in [-0.1, -0.05) is 48.5 Å². The molecule has 0 spiro atoms. The zero-order chi connectivity index (χ0) is 23.4. The Morgan fingerprint density at radius 1 is 0.970 bits per heavy atom. The molecule has 4 N–H and O–H groups in total. The molecule has 0 saturated heterocycles. The monoisotopic (exact) mass is 450 g/mol. The molecule has 0 radical (unpaired) electrons. The Hall–Kier alpha value is -4.11. The number of carbonyl (C=O) groups is 3. The van der Waals surface area contributed by atoms with Crippen LogP contribution in [0, 0.1) is 0 Å². The van der Waals surface area contributed by atoms with Crippen LogP contribution < -0.4 is 10.6 Å². The third kappa shape index (κ3) is 4.73. The summed E-state index contributed by atoms with van der Waals surface area (Å²) >= 11 is 0. The lowest BCUT2D eigenvalue weighted by atomic mass is 9.98. The standard InChI is InChI=1S/C24H22N2O7/c27-12-20(23(29)30)26-22(28)21-10-9-14(33-21)11-25-24(31)32-13-19-17-7-3-1-5-15(17)16-6-2-4-8-18(16)19/h1-10,19-20,27H,11-13H2,(H,25,31)(H,26,28)(H,29,30)/t20-/m0/s1. The van der Waals surface area contributed by atoms with Gasteiger partial charge in [-0.2, -0.15) is 0 Å². The number of carboxylic acids is 1. The van der Waals surface area contributed by atoms with Gasteiger partial charge in [0.25, 0.3) is 5.91 Å². The van der Waals surface area contributed by atoms with Crippen LogP contribution in [-0.4, -0.2) is 47.4 Å². The lowest BCUT2D eigenvalue weighted by Crippen LogP contribution is -2.43. The van der Waals surface area contributed by atoms with E-state index in [4.69, 9.17) is 19.4 Å². The van der Waals surface area contributed by atoms with Gasteiger partial charge in [0, 0.05) is 5.92 Å². The van der Waals surface area contributed by atoms with Crippen molar-refractivity contribution >= 4 is 18.0 Å². The first-order valence-electron chi connectivity index (χ1n) is 10.3. The maximum Gasteiger partial charge on any atom is 0.407 e. The van der Waals surface area contributed by atoms with Crippen molar-refractivity contribution in [1.82, 2.24) is 10.6 Å². The van der Waals surface area contributed by atoms with Crippen LogP contribution in [0.1, 0.15) is 33.4 Å². The Morgan fingerprint density at radius 2 is 1.61 bits per heavy atom. The molecule has 0 saturated carbocycles. The molecule has 1 aliphatic carbocycles. The maximum atomic E-state index is 12.2. The minimum absolute atomic E-state index is 0.0215. The zero-order valence-corrected chi connectivity index (χ0v) is 17.5. The van der Waals surface area contributed by atoms with Crippen LogP contribution in [0.25, 0.3) is 11.1 Å². The summed E-state index contributed by atoms with van der Waals surface area (Å²) in [5.74, 6) is -2.07. The Labute approximate surface area is 189 Å². The molecule has 4 rings (SSSR count). The molecule has 3 aromatic rings. The number of amides is 2. The first kappa shape index (κ1) is 22.1. The van der Waals surface area contributed by atoms with E-state index >= 15 is 0 Å². The molecule has 0 aliphatic heterocycles. The van der Waals surface area contributed by atoms with E-state index in [-0.39, 0.29) is 30.6 Å². The molecular formula is C24H22N2O7. The fourth-order valence-electron chi connectivity index (χ4n) is 3.82. The molecule has 0 unspecified atom stereocenters. The highest BCUT2D eigenvalue weighted by molar-refractivity contribution is 5.94. The van der Waals surface area contributed by atoms with Gasteiger partial charge in [0.2, 0.25) is 0 Å². The lowest BCUT2D eigenvalue weighted by Gasteiger charge is -2.14. The van der Waals surface area contributed by atoms with E-state index in [1.165, 1.54) is 12.1 Å². The molecule has 170 valence electrons. The summed E-state index contributed by atoms with van der Waals surface area (Å²) in [6.07, 6.45) is -0.634. The Kier molecular flexibility index (Phi) is 6.41. The van der Waals surface area contributed by atoms with Gasteiger partial charge >= 0.3 is 12.1 Å². The average molecular weight is 450 g/mol. The van der Waals surface area contributed by atoms with E-state index in [1.54, 1.807) is 0 Å². The summed E-state index contributed by atoms with van der Waals surface area (Å²) in [6, 6.07) is 17.4. The topological polar surface area (TPSA) is 138 Å². The number of carboxylic acid groups (broad SMARTS) is 1. The summed E-state index contributed by atoms with van der Waals surface area (Å²) in [4.78, 5) is 35.2. The third-order valence-corrected chi connectivity index (χ3v) is 5.42. The number of hydrogen-bond donors (Lipinski definition) is 4. The molecule has 9 heteroatoms. The van der Waals surface area contributed by atoms with Gasteiger partial charge in [-0.15, -0.1) is 0 Å². The molecule has 2 amide bonds. The number of benzene rings is 2. The average Bonchev–Trinajstić information content (AvgIpc) is 3.42. The van der Waals surface area contributed by atoms with Crippen molar-refractivity contribution in [1.29, 1.82) is 0 Å². The van der Waals surface area contributed by atoms with Gasteiger partial charge in [-0.05, 0) is 34.4 Å². The molecule has 1 aliphatic rings. The van der Waals surface area contributed by atoms with Crippen LogP contribution in [0.5, 0.6) is 0 Å². The van der Waals surface area contributed by atoms with E-state index in [0.717, 1.165) is 22.3 Å². The minimum Gasteiger partial charge on any atom is -0.480 e. The van der Waals surface area contributed by atoms with Crippen molar-refractivity contribution in [3.05, 3.63) is 83.3 Å². The quantitative estimate of drug-likeness (QED) is 0.414. The van der Waals surface area contributed by atoms with Crippen LogP contribution in [0.3, 0.4) is 0 Å². The van der Waals surface area contributed by atoms with E-state index < -0.39 is 30.6 Å². The second kappa shape index (κ2) is 9.58. The molecule has 0 fully saturated rings. The van der Waals surface area contributed by atoms with Crippen molar-refractivity contribution in [2.45, 2.75) is 18.5 Å². The Morgan fingerprint density at radius 3 is 2.21 bits per heavy atom. The SMILES string of the molecule is O=C(NCc1ccc(C(=O)N[C@@H](CO)C(=O)O)o1)OCC1c2ccccc2-c2ccccc21. The van der Waals surface area contributed by atoms with Gasteiger partial charge in [-0.3, -0.25) is 4.79 Å². The third-order valence-electron chi connectivity index (χ3n) is 5.42. The van der Waals surface area contributed by atoms with Crippen molar-refractivity contribution in [3.8, 4) is 11.1 Å². The fraction of sp³-hybridized carbons (Fsp3) is 0.208. The number of carbonyl (C=O) groups excluding carboxylic acids is 2. The first-order valence-corrected chi connectivity index (χ1v) is 10.3. The van der Waals surface area contributed by atoms with Crippen LogP contribution >= 0.6 is 0 Å². The van der Waals surface area contributed by atoms with Crippen LogP contribution in [0.4, 0.5) is 4.79 Å². The highest BCUT2D eigenvalue weighted by Crippen LogP contribution is 2.44. The predicted octanol–water partition coefficient (Wildman–Crippen LogP) is 2.49. The van der Waals surface area contributed by atoms with Crippen LogP contribution in [0.2, 0.25) is 0 Å². The molecule has 1 atom stereocenters. The van der Waals surface area contributed by atoms with Gasteiger partial charge in [0.05, 0.1) is 13.2 Å². The number of fused-ring (bicyclic) bond motifs is 3. The largest absolute Gasteiger partial charge is 0.480 e. The summed E-state index contributed by atoms with van der Waals surface area (Å²) in [5, 5.41) is 22.6. The number of aliphatic carboxylic acids is 1. The van der Waals surface area contributed by atoms with E-state index in [9.17, 15) is 14.4 Å². The summed E-state index contributed by atoms with van der Waals surface area (Å²) in [5.41, 5.74) is 4.48. The molecule has 1 heterocycles. The number of alkyl carbamates (subject to hydrolysis) is 1. The highest BCUT2D eigenvalue weighted by Gasteiger charge is 2.29. The van der Waals surface area contributed by atoms with Crippen molar-refractivity contribution in [3.63, 3.8) is 0 Å². The Balaban J connectivity index is 1.31. The molecular weight excluding hydrogens is 428 g/mol. The Bertz CT molecular complexity index is 1140. The highest BCUT2D eigenvalue weighted by atomic mass is 16.5. The number of ether oxygens (including phenoxy) is 1.